The standard InChI is InChI=1S/C38H46N10O9S/c1-44(2)32-10-6-9-28-27(32)8-7-11-33(28)58(56,57)48(17-5-3-4-12-34(49)50)47-22-20-45(18-19-46(21-23-47)38(55)31-26-40-14-16-42-31)37(54)29(24-35(51)52)43-36(53)30-25-39-13-15-41-30/h6-11,13-16,25-26,29H,3-5,12,17-24H2,1-2H3,(H,43,53)(H,49,50)(H,51,52)/t29-/m0/s1. The molecule has 2 aromatic carbocycles. The number of carboxylic acid groups (broad SMARTS) is 2. The number of sulfonamides is 1. The minimum Gasteiger partial charge on any atom is -0.481 e. The van der Waals surface area contributed by atoms with Gasteiger partial charge < -0.3 is 30.2 Å². The van der Waals surface area contributed by atoms with Gasteiger partial charge in [-0.15, -0.1) is 4.41 Å². The second kappa shape index (κ2) is 19.8. The van der Waals surface area contributed by atoms with Crippen LogP contribution in [0.5, 0.6) is 0 Å². The van der Waals surface area contributed by atoms with Gasteiger partial charge in [0.15, 0.2) is 0 Å². The number of aliphatic carboxylic acids is 2. The summed E-state index contributed by atoms with van der Waals surface area (Å²) in [5.41, 5.74) is 0.672. The third kappa shape index (κ3) is 10.8. The number of amides is 3. The van der Waals surface area contributed by atoms with Crippen LogP contribution in [0.15, 0.2) is 78.5 Å². The molecule has 0 spiro atoms. The molecule has 1 aliphatic rings. The lowest BCUT2D eigenvalue weighted by molar-refractivity contribution is -0.142. The minimum absolute atomic E-state index is 0.00917. The molecule has 3 N–H and O–H groups in total. The highest BCUT2D eigenvalue weighted by atomic mass is 32.2. The maximum Gasteiger partial charge on any atom is 0.305 e. The number of hydrazine groups is 1. The molecule has 19 nitrogen and oxygen atoms in total. The van der Waals surface area contributed by atoms with E-state index in [4.69, 9.17) is 0 Å². The fourth-order valence-corrected chi connectivity index (χ4v) is 8.39. The Bertz CT molecular complexity index is 2200. The molecule has 4 aromatic rings. The number of unbranched alkanes of at least 4 members (excludes halogenated alkanes) is 2. The number of carboxylic acids is 2. The molecule has 2 aromatic heterocycles. The first-order valence-corrected chi connectivity index (χ1v) is 20.0. The van der Waals surface area contributed by atoms with E-state index in [2.05, 4.69) is 25.3 Å². The summed E-state index contributed by atoms with van der Waals surface area (Å²) in [4.78, 5) is 84.9. The molecule has 0 bridgehead atoms. The van der Waals surface area contributed by atoms with E-state index in [-0.39, 0.29) is 74.9 Å². The van der Waals surface area contributed by atoms with Gasteiger partial charge in [0.2, 0.25) is 5.91 Å². The Balaban J connectivity index is 1.54. The van der Waals surface area contributed by atoms with E-state index in [0.29, 0.717) is 23.6 Å². The van der Waals surface area contributed by atoms with Crippen molar-refractivity contribution in [3.63, 3.8) is 0 Å². The summed E-state index contributed by atoms with van der Waals surface area (Å²) in [7, 11) is -0.666. The SMILES string of the molecule is CN(C)c1cccc2c(S(=O)(=O)N(CCCCCC(=O)O)N3CCN(C(=O)c4cnccn4)CCN(C(=O)[C@H](CC(=O)O)NC(=O)c4cnccn4)CC3)cccc12. The first-order valence-electron chi connectivity index (χ1n) is 18.6. The van der Waals surface area contributed by atoms with Crippen molar-refractivity contribution < 1.29 is 42.6 Å². The topological polar surface area (TPSA) is 240 Å². The highest BCUT2D eigenvalue weighted by molar-refractivity contribution is 7.89. The summed E-state index contributed by atoms with van der Waals surface area (Å²) in [5.74, 6) is -4.47. The van der Waals surface area contributed by atoms with Gasteiger partial charge in [0.25, 0.3) is 21.8 Å². The zero-order valence-electron chi connectivity index (χ0n) is 32.2. The molecular weight excluding hydrogens is 773 g/mol. The van der Waals surface area contributed by atoms with Crippen molar-refractivity contribution in [1.29, 1.82) is 0 Å². The van der Waals surface area contributed by atoms with Crippen LogP contribution >= 0.6 is 0 Å². The number of rotatable bonds is 16. The van der Waals surface area contributed by atoms with Gasteiger partial charge in [-0.25, -0.2) is 23.4 Å². The van der Waals surface area contributed by atoms with Gasteiger partial charge >= 0.3 is 11.9 Å². The number of aromatic nitrogens is 4. The molecule has 0 radical (unpaired) electrons. The number of hydrogen-bond donors (Lipinski definition) is 3. The number of nitrogens with one attached hydrogen (secondary N) is 1. The van der Waals surface area contributed by atoms with Crippen molar-refractivity contribution in [3.05, 3.63) is 85.0 Å². The van der Waals surface area contributed by atoms with E-state index in [0.717, 1.165) is 5.69 Å². The van der Waals surface area contributed by atoms with Crippen LogP contribution in [0.4, 0.5) is 5.69 Å². The highest BCUT2D eigenvalue weighted by Crippen LogP contribution is 2.32. The number of carbonyl (C=O) groups is 5. The first kappa shape index (κ1) is 43.0. The van der Waals surface area contributed by atoms with Crippen molar-refractivity contribution in [3.8, 4) is 0 Å². The second-order valence-corrected chi connectivity index (χ2v) is 15.5. The monoisotopic (exact) mass is 818 g/mol. The predicted molar refractivity (Wildman–Crippen MR) is 210 cm³/mol. The Morgan fingerprint density at radius 2 is 1.38 bits per heavy atom. The molecule has 5 rings (SSSR count). The number of hydrogen-bond acceptors (Lipinski definition) is 13. The number of nitrogens with zero attached hydrogens (tertiary/aromatic N) is 9. The second-order valence-electron chi connectivity index (χ2n) is 13.7. The zero-order valence-corrected chi connectivity index (χ0v) is 33.0. The quantitative estimate of drug-likeness (QED) is 0.136. The van der Waals surface area contributed by atoms with Gasteiger partial charge in [0.05, 0.1) is 23.7 Å². The Morgan fingerprint density at radius 3 is 2.02 bits per heavy atom. The van der Waals surface area contributed by atoms with Crippen LogP contribution in [-0.4, -0.2) is 153 Å². The van der Waals surface area contributed by atoms with Crippen LogP contribution in [0, 0.1) is 0 Å². The summed E-state index contributed by atoms with van der Waals surface area (Å²) in [5, 5.41) is 24.1. The van der Waals surface area contributed by atoms with Crippen molar-refractivity contribution in [2.75, 3.05) is 64.8 Å². The molecule has 0 unspecified atom stereocenters. The third-order valence-electron chi connectivity index (χ3n) is 9.51. The minimum atomic E-state index is -4.37. The zero-order chi connectivity index (χ0) is 41.8. The lowest BCUT2D eigenvalue weighted by atomic mass is 10.1. The molecule has 58 heavy (non-hydrogen) atoms. The van der Waals surface area contributed by atoms with Crippen LogP contribution in [0.2, 0.25) is 0 Å². The Kier molecular flexibility index (Phi) is 14.7. The third-order valence-corrected chi connectivity index (χ3v) is 11.4. The highest BCUT2D eigenvalue weighted by Gasteiger charge is 2.35. The van der Waals surface area contributed by atoms with Crippen LogP contribution in [0.25, 0.3) is 10.8 Å². The molecule has 0 saturated carbocycles. The normalized spacial score (nSPS) is 14.6. The fraction of sp³-hybridized carbons (Fsp3) is 0.395. The molecule has 1 saturated heterocycles. The largest absolute Gasteiger partial charge is 0.481 e. The number of anilines is 1. The molecule has 308 valence electrons. The van der Waals surface area contributed by atoms with Gasteiger partial charge in [-0.2, -0.15) is 0 Å². The maximum atomic E-state index is 15.0. The average Bonchev–Trinajstić information content (AvgIpc) is 3.32. The lowest BCUT2D eigenvalue weighted by Gasteiger charge is -2.36. The van der Waals surface area contributed by atoms with E-state index in [1.807, 2.05) is 31.1 Å². The van der Waals surface area contributed by atoms with E-state index < -0.39 is 52.1 Å². The molecule has 3 amide bonds. The lowest BCUT2D eigenvalue weighted by Crippen LogP contribution is -2.54. The van der Waals surface area contributed by atoms with E-state index >= 15 is 0 Å². The number of benzene rings is 2. The van der Waals surface area contributed by atoms with Crippen molar-refractivity contribution in [1.82, 2.24) is 44.5 Å². The predicted octanol–water partition coefficient (Wildman–Crippen LogP) is 1.60. The Hall–Kier alpha value is -6.12. The molecule has 1 atom stereocenters. The summed E-state index contributed by atoms with van der Waals surface area (Å²) in [6, 6.07) is 8.81. The molecule has 3 heterocycles. The molecular formula is C38H46N10O9S. The fourth-order valence-electron chi connectivity index (χ4n) is 6.62. The maximum absolute atomic E-state index is 15.0. The Morgan fingerprint density at radius 1 is 0.759 bits per heavy atom. The number of carbonyl (C=O) groups excluding carboxylic acids is 3. The van der Waals surface area contributed by atoms with Crippen molar-refractivity contribution in [2.45, 2.75) is 43.0 Å². The Labute approximate surface area is 335 Å². The average molecular weight is 819 g/mol. The van der Waals surface area contributed by atoms with E-state index in [1.165, 1.54) is 62.5 Å². The molecule has 1 aliphatic heterocycles. The smallest absolute Gasteiger partial charge is 0.305 e. The van der Waals surface area contributed by atoms with Crippen LogP contribution in [-0.2, 0) is 24.4 Å². The number of fused-ring (bicyclic) bond motifs is 1. The van der Waals surface area contributed by atoms with Gasteiger partial charge in [-0.05, 0) is 25.0 Å². The van der Waals surface area contributed by atoms with Gasteiger partial charge in [0.1, 0.15) is 17.4 Å². The molecule has 20 heteroatoms. The molecule has 1 fully saturated rings. The van der Waals surface area contributed by atoms with Gasteiger partial charge in [0, 0.05) is 108 Å². The summed E-state index contributed by atoms with van der Waals surface area (Å²) >= 11 is 0. The van der Waals surface area contributed by atoms with Crippen molar-refractivity contribution >= 4 is 56.1 Å². The molecule has 0 aliphatic carbocycles. The summed E-state index contributed by atoms with van der Waals surface area (Å²) in [6.07, 6.45) is 7.97. The van der Waals surface area contributed by atoms with E-state index in [1.54, 1.807) is 18.2 Å². The van der Waals surface area contributed by atoms with Crippen LogP contribution in [0.1, 0.15) is 53.1 Å². The van der Waals surface area contributed by atoms with E-state index in [9.17, 15) is 42.6 Å². The van der Waals surface area contributed by atoms with Crippen LogP contribution in [0.3, 0.4) is 0 Å². The first-order chi connectivity index (χ1) is 27.8. The van der Waals surface area contributed by atoms with Gasteiger partial charge in [-0.3, -0.25) is 33.9 Å². The van der Waals surface area contributed by atoms with Crippen molar-refractivity contribution in [2.24, 2.45) is 0 Å². The van der Waals surface area contributed by atoms with Gasteiger partial charge in [-0.1, -0.05) is 30.7 Å². The summed E-state index contributed by atoms with van der Waals surface area (Å²) in [6.45, 7) is -0.455. The van der Waals surface area contributed by atoms with Crippen LogP contribution < -0.4 is 10.2 Å². The summed E-state index contributed by atoms with van der Waals surface area (Å²) < 4.78 is 31.2.